The first-order chi connectivity index (χ1) is 14.7. The van der Waals surface area contributed by atoms with Crippen LogP contribution in [0.5, 0.6) is 0 Å². The molecule has 0 spiro atoms. The van der Waals surface area contributed by atoms with Gasteiger partial charge in [0.05, 0.1) is 5.56 Å². The molecule has 2 atom stereocenters. The number of primary amides is 1. The zero-order chi connectivity index (χ0) is 22.5. The fourth-order valence-electron chi connectivity index (χ4n) is 3.75. The van der Waals surface area contributed by atoms with E-state index >= 15 is 0 Å². The summed E-state index contributed by atoms with van der Waals surface area (Å²) in [6, 6.07) is 4.41. The monoisotopic (exact) mass is 427 g/mol. The highest BCUT2D eigenvalue weighted by Crippen LogP contribution is 2.44. The molecule has 1 aromatic heterocycles. The van der Waals surface area contributed by atoms with E-state index in [1.807, 2.05) is 38.3 Å². The number of halogens is 1. The van der Waals surface area contributed by atoms with Crippen molar-refractivity contribution in [1.82, 2.24) is 20.2 Å². The van der Waals surface area contributed by atoms with Crippen molar-refractivity contribution in [1.29, 1.82) is 0 Å². The van der Waals surface area contributed by atoms with Crippen LogP contribution in [0.25, 0.3) is 0 Å². The molecule has 1 heterocycles. The van der Waals surface area contributed by atoms with Crippen molar-refractivity contribution in [3.8, 4) is 0 Å². The van der Waals surface area contributed by atoms with Gasteiger partial charge in [-0.25, -0.2) is 14.4 Å². The highest BCUT2D eigenvalue weighted by Gasteiger charge is 2.34. The highest BCUT2D eigenvalue weighted by atomic mass is 19.1. The summed E-state index contributed by atoms with van der Waals surface area (Å²) < 4.78 is 14.1. The lowest BCUT2D eigenvalue weighted by molar-refractivity contribution is -0.121. The molecule has 3 rings (SSSR count). The Morgan fingerprint density at radius 2 is 1.94 bits per heavy atom. The second-order valence-electron chi connectivity index (χ2n) is 8.52. The summed E-state index contributed by atoms with van der Waals surface area (Å²) in [5.74, 6) is -0.0671. The van der Waals surface area contributed by atoms with E-state index < -0.39 is 11.7 Å². The molecule has 0 unspecified atom stereocenters. The van der Waals surface area contributed by atoms with E-state index in [2.05, 4.69) is 15.3 Å². The molecule has 0 radical (unpaired) electrons. The number of nitrogens with zero attached hydrogens (tertiary/aromatic N) is 3. The molecular formula is C23H30FN5O2. The number of amides is 2. The van der Waals surface area contributed by atoms with Gasteiger partial charge in [-0.1, -0.05) is 6.07 Å². The second-order valence-corrected chi connectivity index (χ2v) is 8.52. The number of carbonyl (C=O) groups excluding carboxylic acids is 2. The topological polar surface area (TPSA) is 101 Å². The molecule has 7 nitrogen and oxygen atoms in total. The van der Waals surface area contributed by atoms with E-state index in [0.29, 0.717) is 25.3 Å². The Morgan fingerprint density at radius 3 is 2.48 bits per heavy atom. The molecule has 1 saturated carbocycles. The summed E-state index contributed by atoms with van der Waals surface area (Å²) in [6.07, 6.45) is 6.83. The predicted octanol–water partition coefficient (Wildman–Crippen LogP) is 2.20. The third kappa shape index (κ3) is 6.30. The molecule has 2 amide bonds. The van der Waals surface area contributed by atoms with Crippen molar-refractivity contribution in [2.75, 3.05) is 20.6 Å². The maximum atomic E-state index is 14.1. The van der Waals surface area contributed by atoms with Crippen LogP contribution in [-0.2, 0) is 11.2 Å². The summed E-state index contributed by atoms with van der Waals surface area (Å²) in [7, 11) is 3.84. The van der Waals surface area contributed by atoms with Crippen LogP contribution in [-0.4, -0.2) is 53.4 Å². The standard InChI is InChI=1S/C23H30FN5O2/c1-14-26-11-17(12-27-14)20(16-5-6-16)10-22(30)28-13-18(29(2)3)8-15-4-7-19(23(25)31)21(24)9-15/h4,7,9,11-12,16,18,20H,5-6,8,10,13H2,1-3H3,(H2,25,31)(H,28,30)/t18-,20-/m0/s1. The molecule has 0 bridgehead atoms. The summed E-state index contributed by atoms with van der Waals surface area (Å²) in [6.45, 7) is 2.28. The molecule has 1 aliphatic rings. The Bertz CT molecular complexity index is 928. The normalized spacial score (nSPS) is 15.5. The van der Waals surface area contributed by atoms with Gasteiger partial charge < -0.3 is 16.0 Å². The van der Waals surface area contributed by atoms with Gasteiger partial charge in [0.25, 0.3) is 5.91 Å². The van der Waals surface area contributed by atoms with Gasteiger partial charge in [0, 0.05) is 31.4 Å². The highest BCUT2D eigenvalue weighted by molar-refractivity contribution is 5.93. The van der Waals surface area contributed by atoms with Crippen LogP contribution >= 0.6 is 0 Å². The third-order valence-electron chi connectivity index (χ3n) is 5.86. The Morgan fingerprint density at radius 1 is 1.26 bits per heavy atom. The SMILES string of the molecule is Cc1ncc([C@@H](CC(=O)NC[C@H](Cc2ccc(C(N)=O)c(F)c2)N(C)C)C2CC2)cn1. The van der Waals surface area contributed by atoms with Gasteiger partial charge >= 0.3 is 0 Å². The van der Waals surface area contributed by atoms with Crippen LogP contribution in [0.3, 0.4) is 0 Å². The van der Waals surface area contributed by atoms with Gasteiger partial charge in [-0.05, 0) is 75.4 Å². The van der Waals surface area contributed by atoms with E-state index in [9.17, 15) is 14.0 Å². The van der Waals surface area contributed by atoms with E-state index in [-0.39, 0.29) is 23.4 Å². The van der Waals surface area contributed by atoms with Gasteiger partial charge in [-0.3, -0.25) is 9.59 Å². The first-order valence-corrected chi connectivity index (χ1v) is 10.5. The summed E-state index contributed by atoms with van der Waals surface area (Å²) in [5.41, 5.74) is 6.80. The van der Waals surface area contributed by atoms with Crippen LogP contribution in [0, 0.1) is 18.7 Å². The van der Waals surface area contributed by atoms with Crippen molar-refractivity contribution in [3.05, 3.63) is 58.9 Å². The fraction of sp³-hybridized carbons (Fsp3) is 0.478. The zero-order valence-electron chi connectivity index (χ0n) is 18.3. The van der Waals surface area contributed by atoms with E-state index in [1.165, 1.54) is 12.1 Å². The summed E-state index contributed by atoms with van der Waals surface area (Å²) in [4.78, 5) is 34.5. The number of likely N-dealkylation sites (N-methyl/N-ethyl adjacent to an activating group) is 1. The van der Waals surface area contributed by atoms with E-state index in [1.54, 1.807) is 6.07 Å². The van der Waals surface area contributed by atoms with Gasteiger partial charge in [0.1, 0.15) is 11.6 Å². The molecule has 1 aliphatic carbocycles. The number of aromatic nitrogens is 2. The van der Waals surface area contributed by atoms with Crippen LogP contribution in [0.15, 0.2) is 30.6 Å². The van der Waals surface area contributed by atoms with E-state index in [4.69, 9.17) is 5.73 Å². The average molecular weight is 428 g/mol. The largest absolute Gasteiger partial charge is 0.366 e. The van der Waals surface area contributed by atoms with Crippen molar-refractivity contribution < 1.29 is 14.0 Å². The maximum Gasteiger partial charge on any atom is 0.251 e. The van der Waals surface area contributed by atoms with Crippen LogP contribution in [0.4, 0.5) is 4.39 Å². The predicted molar refractivity (Wildman–Crippen MR) is 116 cm³/mol. The van der Waals surface area contributed by atoms with E-state index in [0.717, 1.165) is 29.8 Å². The fourth-order valence-corrected chi connectivity index (χ4v) is 3.75. The molecule has 1 aromatic carbocycles. The second kappa shape index (κ2) is 9.96. The van der Waals surface area contributed by atoms with Crippen LogP contribution in [0.2, 0.25) is 0 Å². The maximum absolute atomic E-state index is 14.1. The molecule has 2 aromatic rings. The van der Waals surface area contributed by atoms with Crippen molar-refractivity contribution in [3.63, 3.8) is 0 Å². The molecule has 0 aliphatic heterocycles. The molecule has 1 fully saturated rings. The Kier molecular flexibility index (Phi) is 7.33. The molecular weight excluding hydrogens is 397 g/mol. The van der Waals surface area contributed by atoms with Crippen LogP contribution < -0.4 is 11.1 Å². The lowest BCUT2D eigenvalue weighted by Crippen LogP contribution is -2.42. The molecule has 8 heteroatoms. The zero-order valence-corrected chi connectivity index (χ0v) is 18.3. The van der Waals surface area contributed by atoms with Crippen molar-refractivity contribution in [2.45, 2.75) is 44.6 Å². The lowest BCUT2D eigenvalue weighted by atomic mass is 9.92. The number of carbonyl (C=O) groups is 2. The van der Waals surface area contributed by atoms with Gasteiger partial charge in [-0.15, -0.1) is 0 Å². The molecule has 166 valence electrons. The van der Waals surface area contributed by atoms with Gasteiger partial charge in [0.2, 0.25) is 5.91 Å². The van der Waals surface area contributed by atoms with Crippen molar-refractivity contribution >= 4 is 11.8 Å². The average Bonchev–Trinajstić information content (AvgIpc) is 3.55. The minimum atomic E-state index is -0.787. The number of benzene rings is 1. The number of nitrogens with two attached hydrogens (primary N) is 1. The number of aryl methyl sites for hydroxylation is 1. The summed E-state index contributed by atoms with van der Waals surface area (Å²) >= 11 is 0. The number of rotatable bonds is 10. The smallest absolute Gasteiger partial charge is 0.251 e. The molecule has 0 saturated heterocycles. The lowest BCUT2D eigenvalue weighted by Gasteiger charge is -2.25. The minimum Gasteiger partial charge on any atom is -0.366 e. The van der Waals surface area contributed by atoms with Gasteiger partial charge in [0.15, 0.2) is 0 Å². The number of hydrogen-bond donors (Lipinski definition) is 2. The van der Waals surface area contributed by atoms with Crippen LogP contribution in [0.1, 0.15) is 52.5 Å². The third-order valence-corrected chi connectivity index (χ3v) is 5.86. The Balaban J connectivity index is 1.59. The Hall–Kier alpha value is -2.87. The quantitative estimate of drug-likeness (QED) is 0.605. The number of hydrogen-bond acceptors (Lipinski definition) is 5. The minimum absolute atomic E-state index is 0.0143. The van der Waals surface area contributed by atoms with Crippen molar-refractivity contribution in [2.24, 2.45) is 11.7 Å². The number of nitrogens with one attached hydrogen (secondary N) is 1. The first kappa shape index (κ1) is 22.8. The molecule has 3 N–H and O–H groups in total. The molecule has 31 heavy (non-hydrogen) atoms. The Labute approximate surface area is 182 Å². The van der Waals surface area contributed by atoms with Gasteiger partial charge in [-0.2, -0.15) is 0 Å². The summed E-state index contributed by atoms with van der Waals surface area (Å²) in [5, 5.41) is 3.03. The first-order valence-electron chi connectivity index (χ1n) is 10.5.